The minimum absolute atomic E-state index is 0. The van der Waals surface area contributed by atoms with Crippen molar-refractivity contribution >= 4 is 33.0 Å². The molecule has 1 unspecified atom stereocenters. The number of benzene rings is 3. The molecule has 3 aromatic rings. The molecule has 0 radical (unpaired) electrons. The first kappa shape index (κ1) is 48.5. The molecule has 2 aliphatic rings. The summed E-state index contributed by atoms with van der Waals surface area (Å²) in [6.07, 6.45) is 3.44. The van der Waals surface area contributed by atoms with Crippen LogP contribution >= 0.6 is 9.47 Å². The first-order valence-corrected chi connectivity index (χ1v) is 16.3. The fourth-order valence-electron chi connectivity index (χ4n) is 5.98. The zero-order chi connectivity index (χ0) is 33.6. The SMILES string of the molecule is C=CCNCC(=O)N1[C@@H](NC(=O)NCc2ccccc2)CN(Cc2cccc(N3CCCC3)c2)C(=O)[C@@H]1Cc1ccc(O)cc1.O.O.OP.[H-].[H-].[Na+].[Na+]. The van der Waals surface area contributed by atoms with Crippen LogP contribution in [0, 0.1) is 0 Å². The smallest absolute Gasteiger partial charge is 1.00 e. The van der Waals surface area contributed by atoms with Crippen LogP contribution in [0.15, 0.2) is 91.5 Å². The van der Waals surface area contributed by atoms with Gasteiger partial charge in [-0.3, -0.25) is 9.59 Å². The summed E-state index contributed by atoms with van der Waals surface area (Å²) in [4.78, 5) is 53.7. The van der Waals surface area contributed by atoms with Gasteiger partial charge in [0.1, 0.15) is 18.0 Å². The molecule has 2 fully saturated rings. The van der Waals surface area contributed by atoms with Gasteiger partial charge in [0.25, 0.3) is 0 Å². The van der Waals surface area contributed by atoms with Crippen molar-refractivity contribution in [3.8, 4) is 5.75 Å². The Labute approximate surface area is 349 Å². The third kappa shape index (κ3) is 14.4. The number of piperazine rings is 1. The summed E-state index contributed by atoms with van der Waals surface area (Å²) >= 11 is 0. The number of urea groups is 1. The molecule has 13 nitrogen and oxygen atoms in total. The Morgan fingerprint density at radius 1 is 0.922 bits per heavy atom. The molecule has 4 amide bonds. The maximum absolute atomic E-state index is 14.2. The molecule has 0 aliphatic carbocycles. The van der Waals surface area contributed by atoms with Crippen LogP contribution in [0.5, 0.6) is 5.75 Å². The third-order valence-electron chi connectivity index (χ3n) is 8.23. The number of anilines is 1. The second-order valence-corrected chi connectivity index (χ2v) is 11.5. The molecular weight excluding hydrogens is 693 g/mol. The molecule has 3 atom stereocenters. The van der Waals surface area contributed by atoms with Gasteiger partial charge in [0.15, 0.2) is 0 Å². The van der Waals surface area contributed by atoms with E-state index in [1.165, 1.54) is 27.2 Å². The Bertz CT molecular complexity index is 1500. The third-order valence-corrected chi connectivity index (χ3v) is 8.23. The molecule has 0 saturated carbocycles. The molecule has 2 aliphatic heterocycles. The van der Waals surface area contributed by atoms with Gasteiger partial charge in [-0.25, -0.2) is 4.79 Å². The molecule has 0 bridgehead atoms. The van der Waals surface area contributed by atoms with Crippen LogP contribution in [0.4, 0.5) is 10.5 Å². The van der Waals surface area contributed by atoms with Crippen LogP contribution in [0.1, 0.15) is 32.4 Å². The Morgan fingerprint density at radius 2 is 1.57 bits per heavy atom. The summed E-state index contributed by atoms with van der Waals surface area (Å²) in [5.74, 6) is -0.392. The van der Waals surface area contributed by atoms with Gasteiger partial charge in [-0.2, -0.15) is 0 Å². The quantitative estimate of drug-likeness (QED) is 0.0535. The van der Waals surface area contributed by atoms with Crippen LogP contribution in [-0.4, -0.2) is 93.5 Å². The van der Waals surface area contributed by atoms with Gasteiger partial charge in [-0.05, 0) is 63.3 Å². The summed E-state index contributed by atoms with van der Waals surface area (Å²) in [5.41, 5.74) is 3.84. The van der Waals surface area contributed by atoms with Crippen molar-refractivity contribution in [3.63, 3.8) is 0 Å². The number of amides is 4. The Balaban J connectivity index is -0.00000307. The van der Waals surface area contributed by atoms with E-state index in [4.69, 9.17) is 4.89 Å². The van der Waals surface area contributed by atoms with E-state index in [-0.39, 0.29) is 110 Å². The average molecular weight is 745 g/mol. The molecule has 51 heavy (non-hydrogen) atoms. The van der Waals surface area contributed by atoms with E-state index in [9.17, 15) is 19.5 Å². The number of nitrogens with one attached hydrogen (secondary N) is 3. The Morgan fingerprint density at radius 3 is 2.22 bits per heavy atom. The fourth-order valence-corrected chi connectivity index (χ4v) is 5.98. The molecule has 3 aromatic carbocycles. The second-order valence-electron chi connectivity index (χ2n) is 11.5. The number of nitrogens with zero attached hydrogens (tertiary/aromatic N) is 3. The first-order valence-electron chi connectivity index (χ1n) is 15.8. The van der Waals surface area contributed by atoms with Crippen LogP contribution in [-0.2, 0) is 29.1 Å². The maximum Gasteiger partial charge on any atom is 1.00 e. The molecule has 270 valence electrons. The number of carbonyl (C=O) groups is 3. The summed E-state index contributed by atoms with van der Waals surface area (Å²) in [6, 6.07) is 23.1. The number of phenols is 1. The molecule has 9 N–H and O–H groups in total. The van der Waals surface area contributed by atoms with E-state index >= 15 is 0 Å². The van der Waals surface area contributed by atoms with Gasteiger partial charge in [-0.15, -0.1) is 6.58 Å². The predicted octanol–water partition coefficient (Wildman–Crippen LogP) is -4.27. The Kier molecular flexibility index (Phi) is 24.2. The van der Waals surface area contributed by atoms with Crippen molar-refractivity contribution in [2.24, 2.45) is 0 Å². The molecule has 2 heterocycles. The summed E-state index contributed by atoms with van der Waals surface area (Å²) in [5, 5.41) is 18.8. The van der Waals surface area contributed by atoms with Gasteiger partial charge in [0.05, 0.1) is 13.1 Å². The van der Waals surface area contributed by atoms with Crippen molar-refractivity contribution in [3.05, 3.63) is 108 Å². The van der Waals surface area contributed by atoms with Gasteiger partial charge in [0, 0.05) is 44.8 Å². The standard InChI is InChI=1S/C35H42N6O4.2Na.H3OP.2H2O.2H/c1-2-17-36-23-33(43)41-31(21-26-13-15-30(42)16-14-26)34(44)40(24-28-11-8-12-29(20-28)39-18-6-7-19-39)25-32(41)38-35(45)37-22-27-9-4-3-5-10-27;;;1-2;;;;/h2-5,8-16,20,31-32,36,42H,1,6-7,17-19,21-25H2,(H2,37,38,45);;;1H,2H2;2*1H2;;/q;2*+1;;;;2*-1/t31-,32+;;;;;;;/m0......./s1. The first-order chi connectivity index (χ1) is 22.9. The van der Waals surface area contributed by atoms with Crippen LogP contribution in [0.2, 0.25) is 0 Å². The van der Waals surface area contributed by atoms with Crippen molar-refractivity contribution in [2.45, 2.75) is 44.6 Å². The van der Waals surface area contributed by atoms with Crippen LogP contribution in [0.3, 0.4) is 0 Å². The molecule has 2 saturated heterocycles. The number of aromatic hydroxyl groups is 1. The molecule has 16 heteroatoms. The summed E-state index contributed by atoms with van der Waals surface area (Å²) in [7, 11) is 1.42. The van der Waals surface area contributed by atoms with Crippen molar-refractivity contribution in [1.29, 1.82) is 0 Å². The van der Waals surface area contributed by atoms with Gasteiger partial charge in [-0.1, -0.05) is 60.7 Å². The minimum Gasteiger partial charge on any atom is -1.00 e. The number of phenolic OH excluding ortho intramolecular Hbond substituents is 1. The average Bonchev–Trinajstić information content (AvgIpc) is 3.64. The van der Waals surface area contributed by atoms with Crippen molar-refractivity contribution < 1.29 is 97.3 Å². The maximum atomic E-state index is 14.2. The van der Waals surface area contributed by atoms with Crippen LogP contribution < -0.4 is 80.0 Å². The number of rotatable bonds is 12. The topological polar surface area (TPSA) is 200 Å². The number of hydrogen-bond acceptors (Lipinski definition) is 7. The zero-order valence-electron chi connectivity index (χ0n) is 31.6. The number of carbonyl (C=O) groups excluding carboxylic acids is 3. The number of hydrogen-bond donors (Lipinski definition) is 5. The van der Waals surface area contributed by atoms with Crippen molar-refractivity contribution in [1.82, 2.24) is 25.8 Å². The van der Waals surface area contributed by atoms with Gasteiger partial charge in [0.2, 0.25) is 11.8 Å². The predicted molar refractivity (Wildman–Crippen MR) is 196 cm³/mol. The van der Waals surface area contributed by atoms with Crippen molar-refractivity contribution in [2.75, 3.05) is 37.6 Å². The molecule has 0 spiro atoms. The van der Waals surface area contributed by atoms with E-state index < -0.39 is 18.2 Å². The second kappa shape index (κ2) is 25.5. The summed E-state index contributed by atoms with van der Waals surface area (Å²) < 4.78 is 0. The van der Waals surface area contributed by atoms with E-state index in [2.05, 4.69) is 39.6 Å². The Hall–Kier alpha value is -2.52. The van der Waals surface area contributed by atoms with Gasteiger partial charge < -0.3 is 54.5 Å². The largest absolute Gasteiger partial charge is 1.00 e. The van der Waals surface area contributed by atoms with E-state index in [0.717, 1.165) is 35.5 Å². The fraction of sp³-hybridized carbons (Fsp3) is 0.343. The zero-order valence-corrected chi connectivity index (χ0v) is 34.7. The monoisotopic (exact) mass is 744 g/mol. The molecule has 5 rings (SSSR count). The van der Waals surface area contributed by atoms with Gasteiger partial charge >= 0.3 is 65.1 Å². The van der Waals surface area contributed by atoms with Crippen LogP contribution in [0.25, 0.3) is 0 Å². The molecule has 0 aromatic heterocycles. The van der Waals surface area contributed by atoms with E-state index in [0.29, 0.717) is 19.6 Å². The summed E-state index contributed by atoms with van der Waals surface area (Å²) in [6.45, 7) is 6.92. The normalized spacial score (nSPS) is 16.1. The van der Waals surface area contributed by atoms with E-state index in [1.807, 2.05) is 42.5 Å². The molecular formula is C35H51N6Na2O7P. The van der Waals surface area contributed by atoms with E-state index in [1.54, 1.807) is 35.2 Å². The minimum atomic E-state index is -0.873.